The van der Waals surface area contributed by atoms with Crippen LogP contribution in [0.5, 0.6) is 0 Å². The lowest BCUT2D eigenvalue weighted by molar-refractivity contribution is -0.136. The average Bonchev–Trinajstić information content (AvgIpc) is 2.34. The van der Waals surface area contributed by atoms with Crippen molar-refractivity contribution in [3.63, 3.8) is 0 Å². The van der Waals surface area contributed by atoms with Crippen LogP contribution < -0.4 is 5.32 Å². The van der Waals surface area contributed by atoms with Gasteiger partial charge in [0.1, 0.15) is 6.61 Å². The standard InChI is InChI=1S/C13H15F2NO4/c14-11(15)8-20-5-4-12(17)16-10-3-1-2-9(6-10)7-13(18)19/h1-3,6,11H,4-5,7-8H2,(H,16,17)(H,18,19). The van der Waals surface area contributed by atoms with Gasteiger partial charge >= 0.3 is 5.97 Å². The molecule has 1 rings (SSSR count). The summed E-state index contributed by atoms with van der Waals surface area (Å²) >= 11 is 0. The van der Waals surface area contributed by atoms with E-state index in [4.69, 9.17) is 5.11 Å². The largest absolute Gasteiger partial charge is 0.481 e. The Bertz CT molecular complexity index is 465. The highest BCUT2D eigenvalue weighted by molar-refractivity contribution is 5.90. The van der Waals surface area contributed by atoms with E-state index in [1.54, 1.807) is 24.3 Å². The van der Waals surface area contributed by atoms with Crippen LogP contribution in [0.1, 0.15) is 12.0 Å². The number of anilines is 1. The van der Waals surface area contributed by atoms with Crippen LogP contribution in [-0.2, 0) is 20.7 Å². The molecule has 110 valence electrons. The maximum atomic E-state index is 11.8. The van der Waals surface area contributed by atoms with E-state index >= 15 is 0 Å². The molecule has 20 heavy (non-hydrogen) atoms. The Morgan fingerprint density at radius 1 is 1.35 bits per heavy atom. The summed E-state index contributed by atoms with van der Waals surface area (Å²) in [7, 11) is 0. The number of hydrogen-bond acceptors (Lipinski definition) is 3. The molecule has 0 aromatic heterocycles. The van der Waals surface area contributed by atoms with Gasteiger partial charge in [-0.1, -0.05) is 12.1 Å². The molecule has 0 bridgehead atoms. The molecule has 0 aliphatic carbocycles. The Balaban J connectivity index is 2.39. The maximum Gasteiger partial charge on any atom is 0.307 e. The van der Waals surface area contributed by atoms with Crippen molar-refractivity contribution in [2.24, 2.45) is 0 Å². The SMILES string of the molecule is O=C(O)Cc1cccc(NC(=O)CCOCC(F)F)c1. The number of carbonyl (C=O) groups excluding carboxylic acids is 1. The number of rotatable bonds is 8. The van der Waals surface area contributed by atoms with Gasteiger partial charge in [0.05, 0.1) is 19.4 Å². The molecule has 1 aromatic carbocycles. The highest BCUT2D eigenvalue weighted by atomic mass is 19.3. The second-order valence-corrected chi connectivity index (χ2v) is 4.04. The number of carbonyl (C=O) groups is 2. The topological polar surface area (TPSA) is 75.6 Å². The number of alkyl halides is 2. The van der Waals surface area contributed by atoms with E-state index in [1.165, 1.54) is 0 Å². The first-order valence-corrected chi connectivity index (χ1v) is 5.94. The molecule has 0 fully saturated rings. The van der Waals surface area contributed by atoms with Crippen LogP contribution in [-0.4, -0.2) is 36.6 Å². The minimum Gasteiger partial charge on any atom is -0.481 e. The van der Waals surface area contributed by atoms with Gasteiger partial charge < -0.3 is 15.2 Å². The smallest absolute Gasteiger partial charge is 0.307 e. The summed E-state index contributed by atoms with van der Waals surface area (Å²) < 4.78 is 28.2. The van der Waals surface area contributed by atoms with Gasteiger partial charge in [0, 0.05) is 5.69 Å². The molecule has 0 aliphatic heterocycles. The molecule has 0 heterocycles. The van der Waals surface area contributed by atoms with Crippen molar-refractivity contribution in [2.45, 2.75) is 19.3 Å². The van der Waals surface area contributed by atoms with Crippen molar-refractivity contribution in [1.82, 2.24) is 0 Å². The van der Waals surface area contributed by atoms with Crippen molar-refractivity contribution in [2.75, 3.05) is 18.5 Å². The van der Waals surface area contributed by atoms with Crippen molar-refractivity contribution < 1.29 is 28.2 Å². The Morgan fingerprint density at radius 3 is 2.75 bits per heavy atom. The quantitative estimate of drug-likeness (QED) is 0.716. The Morgan fingerprint density at radius 2 is 2.10 bits per heavy atom. The fourth-order valence-electron chi connectivity index (χ4n) is 1.49. The van der Waals surface area contributed by atoms with E-state index in [9.17, 15) is 18.4 Å². The van der Waals surface area contributed by atoms with E-state index in [0.717, 1.165) is 0 Å². The van der Waals surface area contributed by atoms with Crippen LogP contribution in [0.15, 0.2) is 24.3 Å². The predicted octanol–water partition coefficient (Wildman–Crippen LogP) is 1.92. The van der Waals surface area contributed by atoms with Crippen molar-refractivity contribution in [1.29, 1.82) is 0 Å². The number of carboxylic acid groups (broad SMARTS) is 1. The van der Waals surface area contributed by atoms with E-state index in [-0.39, 0.29) is 25.4 Å². The second-order valence-electron chi connectivity index (χ2n) is 4.04. The summed E-state index contributed by atoms with van der Waals surface area (Å²) in [5.74, 6) is -1.35. The van der Waals surface area contributed by atoms with Crippen LogP contribution in [0, 0.1) is 0 Å². The summed E-state index contributed by atoms with van der Waals surface area (Å²) in [5, 5.41) is 11.2. The molecule has 0 radical (unpaired) electrons. The third kappa shape index (κ3) is 6.79. The van der Waals surface area contributed by atoms with Gasteiger partial charge in [-0.15, -0.1) is 0 Å². The van der Waals surface area contributed by atoms with E-state index in [0.29, 0.717) is 11.3 Å². The molecule has 1 amide bonds. The van der Waals surface area contributed by atoms with Crippen molar-refractivity contribution >= 4 is 17.6 Å². The van der Waals surface area contributed by atoms with Crippen molar-refractivity contribution in [3.05, 3.63) is 29.8 Å². The lowest BCUT2D eigenvalue weighted by Crippen LogP contribution is -2.15. The van der Waals surface area contributed by atoms with Gasteiger partial charge in [-0.05, 0) is 17.7 Å². The van der Waals surface area contributed by atoms with E-state index in [1.807, 2.05) is 0 Å². The van der Waals surface area contributed by atoms with Crippen molar-refractivity contribution in [3.8, 4) is 0 Å². The number of amides is 1. The lowest BCUT2D eigenvalue weighted by Gasteiger charge is -2.07. The third-order valence-electron chi connectivity index (χ3n) is 2.28. The molecule has 2 N–H and O–H groups in total. The molecular formula is C13H15F2NO4. The molecule has 0 atom stereocenters. The number of hydrogen-bond donors (Lipinski definition) is 2. The monoisotopic (exact) mass is 287 g/mol. The van der Waals surface area contributed by atoms with Gasteiger partial charge in [-0.2, -0.15) is 0 Å². The molecule has 0 saturated carbocycles. The highest BCUT2D eigenvalue weighted by Gasteiger charge is 2.06. The number of benzene rings is 1. The van der Waals surface area contributed by atoms with Crippen LogP contribution >= 0.6 is 0 Å². The summed E-state index contributed by atoms with van der Waals surface area (Å²) in [6, 6.07) is 6.42. The first-order chi connectivity index (χ1) is 9.47. The number of nitrogens with one attached hydrogen (secondary N) is 1. The summed E-state index contributed by atoms with van der Waals surface area (Å²) in [4.78, 5) is 22.1. The third-order valence-corrected chi connectivity index (χ3v) is 2.28. The minimum absolute atomic E-state index is 0.0458. The average molecular weight is 287 g/mol. The molecule has 0 aliphatic rings. The first-order valence-electron chi connectivity index (χ1n) is 5.94. The van der Waals surface area contributed by atoms with Crippen LogP contribution in [0.25, 0.3) is 0 Å². The summed E-state index contributed by atoms with van der Waals surface area (Å²) in [6.45, 7) is -0.785. The zero-order valence-corrected chi connectivity index (χ0v) is 10.6. The van der Waals surface area contributed by atoms with E-state index < -0.39 is 19.0 Å². The normalized spacial score (nSPS) is 10.6. The van der Waals surface area contributed by atoms with Crippen LogP contribution in [0.3, 0.4) is 0 Å². The number of halogens is 2. The molecular weight excluding hydrogens is 272 g/mol. The van der Waals surface area contributed by atoms with Crippen LogP contribution in [0.4, 0.5) is 14.5 Å². The molecule has 5 nitrogen and oxygen atoms in total. The summed E-state index contributed by atoms with van der Waals surface area (Å²) in [5.41, 5.74) is 1.02. The second kappa shape index (κ2) is 8.21. The van der Waals surface area contributed by atoms with Gasteiger partial charge in [0.25, 0.3) is 6.43 Å². The Hall–Kier alpha value is -2.02. The molecule has 1 aromatic rings. The van der Waals surface area contributed by atoms with Gasteiger partial charge in [0.2, 0.25) is 5.91 Å². The number of ether oxygens (including phenoxy) is 1. The fraction of sp³-hybridized carbons (Fsp3) is 0.385. The van der Waals surface area contributed by atoms with Gasteiger partial charge in [0.15, 0.2) is 0 Å². The van der Waals surface area contributed by atoms with Crippen LogP contribution in [0.2, 0.25) is 0 Å². The first kappa shape index (κ1) is 16.0. The number of aliphatic carboxylic acids is 1. The Kier molecular flexibility index (Phi) is 6.58. The molecule has 0 unspecified atom stereocenters. The Labute approximate surface area is 114 Å². The zero-order chi connectivity index (χ0) is 15.0. The lowest BCUT2D eigenvalue weighted by atomic mass is 10.1. The summed E-state index contributed by atoms with van der Waals surface area (Å²) in [6.07, 6.45) is -2.73. The fourth-order valence-corrected chi connectivity index (χ4v) is 1.49. The molecule has 7 heteroatoms. The zero-order valence-electron chi connectivity index (χ0n) is 10.6. The molecule has 0 saturated heterocycles. The highest BCUT2D eigenvalue weighted by Crippen LogP contribution is 2.11. The predicted molar refractivity (Wildman–Crippen MR) is 67.9 cm³/mol. The van der Waals surface area contributed by atoms with E-state index in [2.05, 4.69) is 10.1 Å². The minimum atomic E-state index is -2.55. The maximum absolute atomic E-state index is 11.8. The molecule has 0 spiro atoms. The number of carboxylic acids is 1. The van der Waals surface area contributed by atoms with Gasteiger partial charge in [-0.25, -0.2) is 8.78 Å². The van der Waals surface area contributed by atoms with Gasteiger partial charge in [-0.3, -0.25) is 9.59 Å².